The largest absolute Gasteiger partial charge is 0.295 e. The first-order valence-corrected chi connectivity index (χ1v) is 8.69. The quantitative estimate of drug-likeness (QED) is 0.565. The Morgan fingerprint density at radius 1 is 1.22 bits per heavy atom. The molecular formula is C18H16BrClN2O. The van der Waals surface area contributed by atoms with Crippen LogP contribution in [-0.2, 0) is 12.8 Å². The van der Waals surface area contributed by atoms with E-state index in [4.69, 9.17) is 11.6 Å². The summed E-state index contributed by atoms with van der Waals surface area (Å²) in [7, 11) is 0. The molecule has 3 rings (SSSR count). The Kier molecular flexibility index (Phi) is 4.83. The van der Waals surface area contributed by atoms with E-state index in [0.717, 1.165) is 27.8 Å². The van der Waals surface area contributed by atoms with Crippen molar-refractivity contribution in [3.8, 4) is 0 Å². The van der Waals surface area contributed by atoms with Gasteiger partial charge in [-0.3, -0.25) is 9.20 Å². The minimum absolute atomic E-state index is 0.0968. The lowest BCUT2D eigenvalue weighted by molar-refractivity contribution is 0.0976. The summed E-state index contributed by atoms with van der Waals surface area (Å²) in [5.74, 6) is 0.0968. The van der Waals surface area contributed by atoms with Gasteiger partial charge in [0.1, 0.15) is 11.3 Å². The number of aryl methyl sites for hydroxylation is 2. The van der Waals surface area contributed by atoms with Gasteiger partial charge in [0.2, 0.25) is 0 Å². The Morgan fingerprint density at radius 2 is 1.96 bits per heavy atom. The molecule has 118 valence electrons. The highest BCUT2D eigenvalue weighted by atomic mass is 79.9. The van der Waals surface area contributed by atoms with E-state index in [1.807, 2.05) is 41.7 Å². The SMILES string of the molecule is CCc1nc2ccc(Cl)cn2c1C(=O)CCc1ccc(Br)cc1. The van der Waals surface area contributed by atoms with E-state index in [1.54, 1.807) is 12.3 Å². The second-order valence-corrected chi connectivity index (χ2v) is 6.74. The molecule has 3 aromatic rings. The van der Waals surface area contributed by atoms with Crippen LogP contribution in [0, 0.1) is 0 Å². The van der Waals surface area contributed by atoms with Crippen LogP contribution < -0.4 is 0 Å². The highest BCUT2D eigenvalue weighted by Crippen LogP contribution is 2.20. The lowest BCUT2D eigenvalue weighted by atomic mass is 10.0. The van der Waals surface area contributed by atoms with Crippen LogP contribution in [0.2, 0.25) is 5.02 Å². The van der Waals surface area contributed by atoms with Gasteiger partial charge in [-0.1, -0.05) is 46.6 Å². The summed E-state index contributed by atoms with van der Waals surface area (Å²) in [5, 5.41) is 0.597. The third-order valence-corrected chi connectivity index (χ3v) is 4.56. The number of aromatic nitrogens is 2. The molecule has 23 heavy (non-hydrogen) atoms. The monoisotopic (exact) mass is 390 g/mol. The van der Waals surface area contributed by atoms with Crippen LogP contribution in [0.15, 0.2) is 47.1 Å². The molecule has 0 saturated heterocycles. The van der Waals surface area contributed by atoms with Crippen molar-refractivity contribution in [2.75, 3.05) is 0 Å². The Bertz CT molecular complexity index is 855. The van der Waals surface area contributed by atoms with E-state index in [-0.39, 0.29) is 5.78 Å². The fourth-order valence-electron chi connectivity index (χ4n) is 2.64. The average molecular weight is 392 g/mol. The topological polar surface area (TPSA) is 34.4 Å². The zero-order chi connectivity index (χ0) is 16.4. The van der Waals surface area contributed by atoms with Gasteiger partial charge in [0.15, 0.2) is 5.78 Å². The van der Waals surface area contributed by atoms with Crippen LogP contribution >= 0.6 is 27.5 Å². The van der Waals surface area contributed by atoms with Crippen LogP contribution in [0.1, 0.15) is 35.1 Å². The van der Waals surface area contributed by atoms with Crippen molar-refractivity contribution in [1.82, 2.24) is 9.38 Å². The summed E-state index contributed by atoms with van der Waals surface area (Å²) < 4.78 is 2.85. The highest BCUT2D eigenvalue weighted by molar-refractivity contribution is 9.10. The van der Waals surface area contributed by atoms with Gasteiger partial charge in [0, 0.05) is 17.1 Å². The van der Waals surface area contributed by atoms with Crippen molar-refractivity contribution in [3.63, 3.8) is 0 Å². The number of fused-ring (bicyclic) bond motifs is 1. The summed E-state index contributed by atoms with van der Waals surface area (Å²) in [6, 6.07) is 11.7. The Hall–Kier alpha value is -1.65. The molecule has 0 aliphatic heterocycles. The number of hydrogen-bond donors (Lipinski definition) is 0. The number of Topliss-reactive ketones (excluding diaryl/α,β-unsaturated/α-hetero) is 1. The summed E-state index contributed by atoms with van der Waals surface area (Å²) in [6.45, 7) is 2.01. The third-order valence-electron chi connectivity index (χ3n) is 3.81. The summed E-state index contributed by atoms with van der Waals surface area (Å²) >= 11 is 9.49. The van der Waals surface area contributed by atoms with Gasteiger partial charge in [-0.25, -0.2) is 4.98 Å². The molecule has 0 unspecified atom stereocenters. The van der Waals surface area contributed by atoms with Crippen molar-refractivity contribution < 1.29 is 4.79 Å². The minimum atomic E-state index is 0.0968. The van der Waals surface area contributed by atoms with Crippen molar-refractivity contribution >= 4 is 39.0 Å². The number of rotatable bonds is 5. The number of benzene rings is 1. The van der Waals surface area contributed by atoms with E-state index < -0.39 is 0 Å². The molecule has 1 aromatic carbocycles. The first-order chi connectivity index (χ1) is 11.1. The molecule has 0 spiro atoms. The van der Waals surface area contributed by atoms with Gasteiger partial charge in [0.05, 0.1) is 10.7 Å². The third kappa shape index (κ3) is 3.48. The maximum absolute atomic E-state index is 12.7. The van der Waals surface area contributed by atoms with Gasteiger partial charge < -0.3 is 0 Å². The first kappa shape index (κ1) is 16.2. The molecule has 0 aliphatic carbocycles. The minimum Gasteiger partial charge on any atom is -0.295 e. The maximum Gasteiger partial charge on any atom is 0.181 e. The predicted octanol–water partition coefficient (Wildman–Crippen LogP) is 5.13. The van der Waals surface area contributed by atoms with Gasteiger partial charge in [-0.15, -0.1) is 0 Å². The van der Waals surface area contributed by atoms with Crippen molar-refractivity contribution in [1.29, 1.82) is 0 Å². The summed E-state index contributed by atoms with van der Waals surface area (Å²) in [4.78, 5) is 17.3. The smallest absolute Gasteiger partial charge is 0.181 e. The van der Waals surface area contributed by atoms with Crippen LogP contribution in [-0.4, -0.2) is 15.2 Å². The Labute approximate surface area is 148 Å². The molecular weight excluding hydrogens is 376 g/mol. The van der Waals surface area contributed by atoms with E-state index in [9.17, 15) is 4.79 Å². The van der Waals surface area contributed by atoms with Crippen molar-refractivity contribution in [2.24, 2.45) is 0 Å². The number of carbonyl (C=O) groups is 1. The van der Waals surface area contributed by atoms with Gasteiger partial charge in [-0.05, 0) is 42.7 Å². The number of imidazole rings is 1. The molecule has 0 amide bonds. The maximum atomic E-state index is 12.7. The molecule has 0 N–H and O–H groups in total. The molecule has 3 nitrogen and oxygen atoms in total. The molecule has 2 aromatic heterocycles. The van der Waals surface area contributed by atoms with E-state index >= 15 is 0 Å². The van der Waals surface area contributed by atoms with E-state index in [1.165, 1.54) is 0 Å². The van der Waals surface area contributed by atoms with Gasteiger partial charge in [-0.2, -0.15) is 0 Å². The fraction of sp³-hybridized carbons (Fsp3) is 0.222. The fourth-order valence-corrected chi connectivity index (χ4v) is 3.06. The summed E-state index contributed by atoms with van der Waals surface area (Å²) in [5.41, 5.74) is 3.39. The van der Waals surface area contributed by atoms with Crippen molar-refractivity contribution in [3.05, 3.63) is 69.0 Å². The highest BCUT2D eigenvalue weighted by Gasteiger charge is 2.18. The van der Waals surface area contributed by atoms with Crippen LogP contribution in [0.5, 0.6) is 0 Å². The first-order valence-electron chi connectivity index (χ1n) is 7.52. The van der Waals surface area contributed by atoms with Crippen LogP contribution in [0.25, 0.3) is 5.65 Å². The average Bonchev–Trinajstić information content (AvgIpc) is 2.91. The molecule has 0 bridgehead atoms. The Morgan fingerprint density at radius 3 is 2.65 bits per heavy atom. The lowest BCUT2D eigenvalue weighted by Gasteiger charge is -2.05. The molecule has 0 atom stereocenters. The molecule has 0 fully saturated rings. The zero-order valence-corrected chi connectivity index (χ0v) is 15.1. The lowest BCUT2D eigenvalue weighted by Crippen LogP contribution is -2.08. The number of pyridine rings is 1. The van der Waals surface area contributed by atoms with E-state index in [2.05, 4.69) is 20.9 Å². The van der Waals surface area contributed by atoms with E-state index in [0.29, 0.717) is 23.6 Å². The molecule has 0 saturated carbocycles. The number of carbonyl (C=O) groups excluding carboxylic acids is 1. The number of halogens is 2. The normalized spacial score (nSPS) is 11.1. The van der Waals surface area contributed by atoms with Crippen LogP contribution in [0.4, 0.5) is 0 Å². The second kappa shape index (κ2) is 6.85. The summed E-state index contributed by atoms with van der Waals surface area (Å²) in [6.07, 6.45) is 3.65. The van der Waals surface area contributed by atoms with Gasteiger partial charge in [0.25, 0.3) is 0 Å². The molecule has 0 radical (unpaired) electrons. The van der Waals surface area contributed by atoms with Gasteiger partial charge >= 0.3 is 0 Å². The Balaban J connectivity index is 1.87. The number of hydrogen-bond acceptors (Lipinski definition) is 2. The van der Waals surface area contributed by atoms with Crippen LogP contribution in [0.3, 0.4) is 0 Å². The number of ketones is 1. The molecule has 2 heterocycles. The predicted molar refractivity (Wildman–Crippen MR) is 96.4 cm³/mol. The standard InChI is InChI=1S/C18H16BrClN2O/c1-2-15-18(22-11-14(20)8-10-17(22)21-15)16(23)9-5-12-3-6-13(19)7-4-12/h3-4,6-8,10-11H,2,5,9H2,1H3. The zero-order valence-electron chi connectivity index (χ0n) is 12.7. The molecule has 5 heteroatoms. The van der Waals surface area contributed by atoms with Crippen molar-refractivity contribution in [2.45, 2.75) is 26.2 Å². The second-order valence-electron chi connectivity index (χ2n) is 5.39. The number of nitrogens with zero attached hydrogens (tertiary/aromatic N) is 2. The molecule has 0 aliphatic rings.